The Morgan fingerprint density at radius 1 is 1.11 bits per heavy atom. The molecule has 3 aliphatic heterocycles. The van der Waals surface area contributed by atoms with Crippen LogP contribution in [0.3, 0.4) is 0 Å². The van der Waals surface area contributed by atoms with E-state index in [9.17, 15) is 27.6 Å². The molecular formula is C31H44F3N5O5. The van der Waals surface area contributed by atoms with Crippen molar-refractivity contribution in [1.82, 2.24) is 25.8 Å². The lowest BCUT2D eigenvalue weighted by Gasteiger charge is -2.45. The molecule has 3 N–H and O–H groups in total. The van der Waals surface area contributed by atoms with Gasteiger partial charge in [0.05, 0.1) is 18.8 Å². The fraction of sp³-hybridized carbons (Fsp3) is 0.710. The van der Waals surface area contributed by atoms with Gasteiger partial charge in [0.1, 0.15) is 30.5 Å². The number of alkyl halides is 3. The zero-order valence-corrected chi connectivity index (χ0v) is 25.4. The monoisotopic (exact) mass is 623 g/mol. The van der Waals surface area contributed by atoms with Gasteiger partial charge in [-0.3, -0.25) is 19.3 Å². The molecule has 0 spiro atoms. The summed E-state index contributed by atoms with van der Waals surface area (Å²) in [7, 11) is 1.44. The highest BCUT2D eigenvalue weighted by molar-refractivity contribution is 5.94. The lowest BCUT2D eigenvalue weighted by molar-refractivity contribution is -0.150. The molecule has 3 amide bonds. The van der Waals surface area contributed by atoms with E-state index in [0.29, 0.717) is 38.3 Å². The molecule has 5 rings (SSSR count). The third-order valence-corrected chi connectivity index (χ3v) is 9.56. The van der Waals surface area contributed by atoms with Gasteiger partial charge in [-0.25, -0.2) is 13.2 Å². The molecular weight excluding hydrogens is 579 g/mol. The molecule has 13 heteroatoms. The highest BCUT2D eigenvalue weighted by Crippen LogP contribution is 2.39. The van der Waals surface area contributed by atoms with Crippen LogP contribution in [0.1, 0.15) is 57.1 Å². The lowest BCUT2D eigenvalue weighted by Crippen LogP contribution is -2.67. The van der Waals surface area contributed by atoms with E-state index < -0.39 is 61.3 Å². The topological polar surface area (TPSA) is 112 Å². The molecule has 1 aromatic rings. The molecule has 0 radical (unpaired) electrons. The van der Waals surface area contributed by atoms with E-state index in [1.807, 2.05) is 31.2 Å². The molecule has 1 aliphatic carbocycles. The number of carbonyl (C=O) groups is 3. The van der Waals surface area contributed by atoms with Crippen molar-refractivity contribution in [1.29, 1.82) is 0 Å². The minimum Gasteiger partial charge on any atom is -0.493 e. The van der Waals surface area contributed by atoms with Crippen LogP contribution in [0.4, 0.5) is 13.2 Å². The van der Waals surface area contributed by atoms with Crippen molar-refractivity contribution in [3.05, 3.63) is 29.8 Å². The van der Waals surface area contributed by atoms with E-state index in [1.54, 1.807) is 0 Å². The summed E-state index contributed by atoms with van der Waals surface area (Å²) < 4.78 is 53.5. The summed E-state index contributed by atoms with van der Waals surface area (Å²) in [6.45, 7) is 3.02. The Morgan fingerprint density at radius 3 is 2.57 bits per heavy atom. The lowest BCUT2D eigenvalue weighted by atomic mass is 9.81. The Morgan fingerprint density at radius 2 is 1.86 bits per heavy atom. The summed E-state index contributed by atoms with van der Waals surface area (Å²) in [6, 6.07) is 3.87. The van der Waals surface area contributed by atoms with Gasteiger partial charge < -0.3 is 30.3 Å². The number of amides is 3. The fourth-order valence-corrected chi connectivity index (χ4v) is 7.10. The minimum absolute atomic E-state index is 0.0229. The van der Waals surface area contributed by atoms with Gasteiger partial charge >= 0.3 is 0 Å². The van der Waals surface area contributed by atoms with Crippen molar-refractivity contribution in [3.8, 4) is 5.75 Å². The normalized spacial score (nSPS) is 28.2. The summed E-state index contributed by atoms with van der Waals surface area (Å²) in [5, 5.41) is 8.42. The van der Waals surface area contributed by atoms with Gasteiger partial charge in [-0.1, -0.05) is 18.2 Å². The van der Waals surface area contributed by atoms with Gasteiger partial charge in [-0.05, 0) is 45.2 Å². The molecule has 44 heavy (non-hydrogen) atoms. The Labute approximate surface area is 256 Å². The zero-order chi connectivity index (χ0) is 31.4. The number of nitrogens with zero attached hydrogens (tertiary/aromatic N) is 2. The quantitative estimate of drug-likeness (QED) is 0.367. The predicted molar refractivity (Wildman–Crippen MR) is 156 cm³/mol. The van der Waals surface area contributed by atoms with Gasteiger partial charge in [0.2, 0.25) is 23.6 Å². The Hall–Kier alpha value is -2.90. The number of hydrogen-bond acceptors (Lipinski definition) is 7. The minimum atomic E-state index is -2.84. The third-order valence-electron chi connectivity index (χ3n) is 9.56. The summed E-state index contributed by atoms with van der Waals surface area (Å²) in [4.78, 5) is 45.2. The van der Waals surface area contributed by atoms with Crippen LogP contribution in [0.5, 0.6) is 5.75 Å². The van der Waals surface area contributed by atoms with Crippen LogP contribution in [0.15, 0.2) is 24.3 Å². The maximum atomic E-state index is 14.5. The molecule has 3 heterocycles. The van der Waals surface area contributed by atoms with Crippen molar-refractivity contribution < 1.29 is 37.0 Å². The largest absolute Gasteiger partial charge is 0.493 e. The molecule has 0 bridgehead atoms. The highest BCUT2D eigenvalue weighted by Gasteiger charge is 2.49. The van der Waals surface area contributed by atoms with Gasteiger partial charge in [-0.2, -0.15) is 0 Å². The van der Waals surface area contributed by atoms with Crippen LogP contribution in [-0.2, 0) is 19.1 Å². The molecule has 10 nitrogen and oxygen atoms in total. The average Bonchev–Trinajstić information content (AvgIpc) is 3.41. The van der Waals surface area contributed by atoms with Crippen molar-refractivity contribution in [3.63, 3.8) is 0 Å². The molecule has 3 fully saturated rings. The Balaban J connectivity index is 1.42. The summed E-state index contributed by atoms with van der Waals surface area (Å²) in [5.41, 5.74) is 0.855. The third kappa shape index (κ3) is 7.15. The molecule has 2 saturated heterocycles. The summed E-state index contributed by atoms with van der Waals surface area (Å²) >= 11 is 0. The fourth-order valence-electron chi connectivity index (χ4n) is 7.10. The number of piperazine rings is 1. The van der Waals surface area contributed by atoms with Gasteiger partial charge in [0, 0.05) is 57.1 Å². The predicted octanol–water partition coefficient (Wildman–Crippen LogP) is 2.18. The maximum Gasteiger partial charge on any atom is 0.248 e. The Bertz CT molecular complexity index is 1180. The van der Waals surface area contributed by atoms with Crippen LogP contribution in [-0.4, -0.2) is 110 Å². The van der Waals surface area contributed by atoms with Crippen molar-refractivity contribution >= 4 is 17.7 Å². The second-order valence-electron chi connectivity index (χ2n) is 12.3. The van der Waals surface area contributed by atoms with Crippen molar-refractivity contribution in [2.75, 3.05) is 46.6 Å². The number of carbonyl (C=O) groups excluding carboxylic acids is 3. The smallest absolute Gasteiger partial charge is 0.248 e. The molecule has 244 valence electrons. The number of para-hydroxylation sites is 1. The first-order valence-electron chi connectivity index (χ1n) is 15.7. The second kappa shape index (κ2) is 14.0. The van der Waals surface area contributed by atoms with Crippen LogP contribution in [0.25, 0.3) is 0 Å². The first-order valence-corrected chi connectivity index (χ1v) is 15.7. The van der Waals surface area contributed by atoms with Gasteiger partial charge in [-0.15, -0.1) is 0 Å². The van der Waals surface area contributed by atoms with E-state index in [4.69, 9.17) is 9.47 Å². The first-order chi connectivity index (χ1) is 21.1. The molecule has 0 aromatic heterocycles. The molecule has 0 unspecified atom stereocenters. The summed E-state index contributed by atoms with van der Waals surface area (Å²) in [6.07, 6.45) is 0.430. The van der Waals surface area contributed by atoms with Crippen LogP contribution < -0.4 is 20.7 Å². The molecule has 6 atom stereocenters. The van der Waals surface area contributed by atoms with Gasteiger partial charge in [0.25, 0.3) is 0 Å². The second-order valence-corrected chi connectivity index (χ2v) is 12.3. The standard InChI is InChI=1S/C31H44F3N5O5/c1-3-43-21-14-20-16-39(30(42)27(37-28(40)24(15-32)35-2)19-8-11-31(33,34)12-9-19)25(18-38(20)17-21)29(41)36-23-10-13-44-26-7-5-4-6-22(23)26/h4-7,19-21,23-25,27,35H,3,8-18H2,1-2H3,(H,36,41)(H,37,40)/t20-,21-,23-,24-,25+,27+/m1/s1. The van der Waals surface area contributed by atoms with Crippen LogP contribution >= 0.6 is 0 Å². The number of rotatable bonds is 10. The van der Waals surface area contributed by atoms with E-state index in [0.717, 1.165) is 5.56 Å². The van der Waals surface area contributed by atoms with Crippen molar-refractivity contribution in [2.45, 2.75) is 87.7 Å². The average molecular weight is 624 g/mol. The number of fused-ring (bicyclic) bond motifs is 2. The number of benzene rings is 1. The first kappa shape index (κ1) is 32.5. The number of hydrogen-bond donors (Lipinski definition) is 3. The van der Waals surface area contributed by atoms with Crippen LogP contribution in [0.2, 0.25) is 0 Å². The van der Waals surface area contributed by atoms with Crippen LogP contribution in [0, 0.1) is 5.92 Å². The summed E-state index contributed by atoms with van der Waals surface area (Å²) in [5.74, 6) is -4.28. The van der Waals surface area contributed by atoms with E-state index in [1.165, 1.54) is 11.9 Å². The van der Waals surface area contributed by atoms with E-state index in [2.05, 4.69) is 20.9 Å². The molecule has 1 saturated carbocycles. The number of ether oxygens (including phenoxy) is 2. The van der Waals surface area contributed by atoms with E-state index in [-0.39, 0.29) is 50.0 Å². The SMILES string of the molecule is CCO[C@@H]1C[C@@H]2CN(C(=O)[C@@H](NC(=O)[C@@H](CF)NC)C3CCC(F)(F)CC3)[C@H](C(=O)N[C@@H]3CCOc4ccccc43)CN2C1. The number of likely N-dealkylation sites (N-methyl/N-ethyl adjacent to an activating group) is 1. The zero-order valence-electron chi connectivity index (χ0n) is 25.4. The molecule has 4 aliphatic rings. The number of halogens is 3. The van der Waals surface area contributed by atoms with Gasteiger partial charge in [0.15, 0.2) is 0 Å². The van der Waals surface area contributed by atoms with Crippen molar-refractivity contribution in [2.24, 2.45) is 5.92 Å². The highest BCUT2D eigenvalue weighted by atomic mass is 19.3. The molecule has 1 aromatic carbocycles. The number of nitrogens with one attached hydrogen (secondary N) is 3. The Kier molecular flexibility index (Phi) is 10.4. The maximum absolute atomic E-state index is 14.5. The van der Waals surface area contributed by atoms with E-state index >= 15 is 0 Å².